The standard InChI is InChI=1S/C20H31O7P/c1-19(2,3)14-11-13(12-15(18(14)25)20(4,5)6)27-28(26,9-7-16(21)22)10-8-17(23)24/h11-12,25H,7-10H2,1-6H3,(H,21,22)(H,23,24). The number of carboxylic acid groups (broad SMARTS) is 2. The Morgan fingerprint density at radius 2 is 1.25 bits per heavy atom. The fraction of sp³-hybridized carbons (Fsp3) is 0.600. The summed E-state index contributed by atoms with van der Waals surface area (Å²) in [5, 5.41) is 28.6. The van der Waals surface area contributed by atoms with Gasteiger partial charge in [0.2, 0.25) is 7.37 Å². The van der Waals surface area contributed by atoms with Gasteiger partial charge in [-0.15, -0.1) is 0 Å². The summed E-state index contributed by atoms with van der Waals surface area (Å²) in [5.41, 5.74) is 0.376. The lowest BCUT2D eigenvalue weighted by atomic mass is 9.79. The maximum Gasteiger partial charge on any atom is 0.303 e. The predicted octanol–water partition coefficient (Wildman–Crippen LogP) is 4.59. The van der Waals surface area contributed by atoms with E-state index < -0.39 is 30.1 Å². The molecule has 0 amide bonds. The second-order valence-electron chi connectivity index (χ2n) is 9.01. The molecular formula is C20H31O7P. The second kappa shape index (κ2) is 8.56. The number of hydrogen-bond acceptors (Lipinski definition) is 5. The summed E-state index contributed by atoms with van der Waals surface area (Å²) in [6.07, 6.45) is -1.28. The molecule has 0 aromatic heterocycles. The molecule has 0 heterocycles. The van der Waals surface area contributed by atoms with Crippen LogP contribution in [0.2, 0.25) is 0 Å². The molecule has 28 heavy (non-hydrogen) atoms. The zero-order valence-corrected chi connectivity index (χ0v) is 18.3. The van der Waals surface area contributed by atoms with Gasteiger partial charge in [0.05, 0.1) is 12.8 Å². The maximum atomic E-state index is 13.2. The first-order valence-corrected chi connectivity index (χ1v) is 11.1. The van der Waals surface area contributed by atoms with Crippen molar-refractivity contribution in [3.05, 3.63) is 23.3 Å². The van der Waals surface area contributed by atoms with Crippen molar-refractivity contribution in [2.75, 3.05) is 12.3 Å². The molecule has 8 heteroatoms. The molecular weight excluding hydrogens is 383 g/mol. The molecule has 0 aliphatic heterocycles. The van der Waals surface area contributed by atoms with Crippen molar-refractivity contribution in [1.82, 2.24) is 0 Å². The highest BCUT2D eigenvalue weighted by molar-refractivity contribution is 7.59. The molecule has 0 aliphatic rings. The van der Waals surface area contributed by atoms with Crippen molar-refractivity contribution in [3.8, 4) is 11.5 Å². The quantitative estimate of drug-likeness (QED) is 0.532. The van der Waals surface area contributed by atoms with Crippen LogP contribution in [0.4, 0.5) is 0 Å². The van der Waals surface area contributed by atoms with Crippen LogP contribution in [0.25, 0.3) is 0 Å². The van der Waals surface area contributed by atoms with Crippen LogP contribution in [0, 0.1) is 0 Å². The molecule has 0 atom stereocenters. The third-order valence-corrected chi connectivity index (χ3v) is 6.66. The minimum atomic E-state index is -3.55. The molecule has 1 aromatic rings. The van der Waals surface area contributed by atoms with Crippen molar-refractivity contribution in [3.63, 3.8) is 0 Å². The lowest BCUT2D eigenvalue weighted by molar-refractivity contribution is -0.137. The predicted molar refractivity (Wildman–Crippen MR) is 108 cm³/mol. The Bertz CT molecular complexity index is 728. The Labute approximate surface area is 166 Å². The van der Waals surface area contributed by atoms with Crippen molar-refractivity contribution < 1.29 is 34.0 Å². The van der Waals surface area contributed by atoms with Gasteiger partial charge in [-0.25, -0.2) is 0 Å². The van der Waals surface area contributed by atoms with Gasteiger partial charge in [-0.1, -0.05) is 41.5 Å². The summed E-state index contributed by atoms with van der Waals surface area (Å²) in [4.78, 5) is 21.9. The van der Waals surface area contributed by atoms with Gasteiger partial charge in [0.15, 0.2) is 0 Å². The van der Waals surface area contributed by atoms with E-state index in [2.05, 4.69) is 0 Å². The highest BCUT2D eigenvalue weighted by Crippen LogP contribution is 2.50. The third kappa shape index (κ3) is 6.86. The van der Waals surface area contributed by atoms with E-state index in [0.29, 0.717) is 11.1 Å². The van der Waals surface area contributed by atoms with Crippen LogP contribution in [0.5, 0.6) is 11.5 Å². The minimum Gasteiger partial charge on any atom is -0.507 e. The lowest BCUT2D eigenvalue weighted by Crippen LogP contribution is -2.18. The largest absolute Gasteiger partial charge is 0.507 e. The number of aliphatic carboxylic acids is 2. The van der Waals surface area contributed by atoms with Crippen LogP contribution < -0.4 is 4.52 Å². The van der Waals surface area contributed by atoms with E-state index >= 15 is 0 Å². The first kappa shape index (κ1) is 24.0. The van der Waals surface area contributed by atoms with Gasteiger partial charge in [0.25, 0.3) is 0 Å². The average molecular weight is 414 g/mol. The zero-order chi connectivity index (χ0) is 21.9. The van der Waals surface area contributed by atoms with E-state index in [4.69, 9.17) is 14.7 Å². The van der Waals surface area contributed by atoms with E-state index in [9.17, 15) is 19.3 Å². The number of carbonyl (C=O) groups is 2. The molecule has 0 aliphatic carbocycles. The van der Waals surface area contributed by atoms with Crippen LogP contribution >= 0.6 is 7.37 Å². The molecule has 158 valence electrons. The zero-order valence-electron chi connectivity index (χ0n) is 17.4. The van der Waals surface area contributed by atoms with Crippen molar-refractivity contribution in [1.29, 1.82) is 0 Å². The molecule has 1 aromatic carbocycles. The summed E-state index contributed by atoms with van der Waals surface area (Å²) in [7, 11) is -3.55. The molecule has 1 rings (SSSR count). The summed E-state index contributed by atoms with van der Waals surface area (Å²) in [5.74, 6) is -1.88. The van der Waals surface area contributed by atoms with Crippen molar-refractivity contribution >= 4 is 19.3 Å². The van der Waals surface area contributed by atoms with Crippen LogP contribution in [0.3, 0.4) is 0 Å². The third-order valence-electron chi connectivity index (χ3n) is 4.30. The van der Waals surface area contributed by atoms with Crippen LogP contribution in [0.15, 0.2) is 12.1 Å². The van der Waals surface area contributed by atoms with Gasteiger partial charge in [-0.05, 0) is 23.0 Å². The maximum absolute atomic E-state index is 13.2. The first-order valence-electron chi connectivity index (χ1n) is 9.14. The second-order valence-corrected chi connectivity index (χ2v) is 11.7. The number of rotatable bonds is 8. The van der Waals surface area contributed by atoms with E-state index in [1.165, 1.54) is 0 Å². The molecule has 0 unspecified atom stereocenters. The first-order chi connectivity index (χ1) is 12.5. The SMILES string of the molecule is CC(C)(C)c1cc(OP(=O)(CCC(=O)O)CCC(=O)O)cc(C(C)(C)C)c1O. The number of phenolic OH excluding ortho intramolecular Hbond substituents is 1. The number of hydrogen-bond donors (Lipinski definition) is 3. The summed E-state index contributed by atoms with van der Waals surface area (Å²) in [6.45, 7) is 11.5. The molecule has 7 nitrogen and oxygen atoms in total. The van der Waals surface area contributed by atoms with E-state index in [1.807, 2.05) is 41.5 Å². The van der Waals surface area contributed by atoms with Crippen molar-refractivity contribution in [2.45, 2.75) is 65.2 Å². The molecule has 3 N–H and O–H groups in total. The number of aromatic hydroxyl groups is 1. The molecule has 0 saturated carbocycles. The average Bonchev–Trinajstić information content (AvgIpc) is 2.50. The Balaban J connectivity index is 3.43. The fourth-order valence-corrected chi connectivity index (χ4v) is 4.69. The Morgan fingerprint density at radius 1 is 0.893 bits per heavy atom. The van der Waals surface area contributed by atoms with E-state index in [1.54, 1.807) is 12.1 Å². The highest BCUT2D eigenvalue weighted by atomic mass is 31.2. The van der Waals surface area contributed by atoms with Gasteiger partial charge in [0, 0.05) is 23.5 Å². The highest BCUT2D eigenvalue weighted by Gasteiger charge is 2.31. The van der Waals surface area contributed by atoms with Gasteiger partial charge in [-0.3, -0.25) is 14.2 Å². The molecule has 0 radical (unpaired) electrons. The minimum absolute atomic E-state index is 0.137. The van der Waals surface area contributed by atoms with Gasteiger partial charge in [-0.2, -0.15) is 0 Å². The topological polar surface area (TPSA) is 121 Å². The normalized spacial score (nSPS) is 12.6. The molecule has 0 spiro atoms. The van der Waals surface area contributed by atoms with Gasteiger partial charge >= 0.3 is 11.9 Å². The summed E-state index contributed by atoms with van der Waals surface area (Å²) >= 11 is 0. The van der Waals surface area contributed by atoms with Crippen LogP contribution in [-0.2, 0) is 25.0 Å². The Morgan fingerprint density at radius 3 is 1.54 bits per heavy atom. The van der Waals surface area contributed by atoms with E-state index in [0.717, 1.165) is 0 Å². The molecule has 0 bridgehead atoms. The number of phenols is 1. The van der Waals surface area contributed by atoms with E-state index in [-0.39, 0.29) is 36.7 Å². The fourth-order valence-electron chi connectivity index (χ4n) is 2.73. The summed E-state index contributed by atoms with van der Waals surface area (Å²) in [6, 6.07) is 3.19. The smallest absolute Gasteiger partial charge is 0.303 e. The monoisotopic (exact) mass is 414 g/mol. The van der Waals surface area contributed by atoms with Crippen LogP contribution in [-0.4, -0.2) is 39.6 Å². The Hall–Kier alpha value is -2.01. The lowest BCUT2D eigenvalue weighted by Gasteiger charge is -2.29. The number of benzene rings is 1. The summed E-state index contributed by atoms with van der Waals surface area (Å²) < 4.78 is 18.9. The van der Waals surface area contributed by atoms with Gasteiger partial charge in [0.1, 0.15) is 11.5 Å². The van der Waals surface area contributed by atoms with Gasteiger partial charge < -0.3 is 19.8 Å². The molecule has 0 fully saturated rings. The molecule has 0 saturated heterocycles. The van der Waals surface area contributed by atoms with Crippen molar-refractivity contribution in [2.24, 2.45) is 0 Å². The number of carboxylic acids is 2. The van der Waals surface area contributed by atoms with Crippen LogP contribution in [0.1, 0.15) is 65.5 Å². The Kier molecular flexibility index (Phi) is 7.35.